The Balaban J connectivity index is 1.89. The van der Waals surface area contributed by atoms with Gasteiger partial charge in [0.15, 0.2) is 0 Å². The second-order valence-corrected chi connectivity index (χ2v) is 2.03. The summed E-state index contributed by atoms with van der Waals surface area (Å²) in [6.07, 6.45) is 2.42. The van der Waals surface area contributed by atoms with Crippen molar-refractivity contribution < 1.29 is 9.84 Å². The van der Waals surface area contributed by atoms with Crippen LogP contribution in [0.2, 0.25) is 0 Å². The van der Waals surface area contributed by atoms with E-state index in [1.54, 1.807) is 0 Å². The predicted molar refractivity (Wildman–Crippen MR) is 30.1 cm³/mol. The van der Waals surface area contributed by atoms with Crippen molar-refractivity contribution in [3.63, 3.8) is 0 Å². The van der Waals surface area contributed by atoms with E-state index in [0.29, 0.717) is 0 Å². The molecule has 0 aromatic rings. The van der Waals surface area contributed by atoms with Gasteiger partial charge in [-0.05, 0) is 6.42 Å². The molecule has 0 aromatic heterocycles. The van der Waals surface area contributed by atoms with Crippen molar-refractivity contribution >= 4 is 0 Å². The molecule has 1 aliphatic rings. The number of aliphatic hydroxyl groups is 1. The number of ether oxygens (including phenoxy) is 1. The van der Waals surface area contributed by atoms with Gasteiger partial charge in [0.2, 0.25) is 0 Å². The first-order chi connectivity index (χ1) is 3.84. The molecule has 1 radical (unpaired) electrons. The average molecular weight is 115 g/mol. The van der Waals surface area contributed by atoms with Gasteiger partial charge in [-0.1, -0.05) is 6.92 Å². The van der Waals surface area contributed by atoms with E-state index in [9.17, 15) is 0 Å². The third kappa shape index (κ3) is 1.46. The fourth-order valence-electron chi connectivity index (χ4n) is 0.520. The highest BCUT2D eigenvalue weighted by Gasteiger charge is 2.37. The van der Waals surface area contributed by atoms with Gasteiger partial charge in [-0.15, -0.1) is 0 Å². The fourth-order valence-corrected chi connectivity index (χ4v) is 0.520. The Morgan fingerprint density at radius 2 is 2.50 bits per heavy atom. The van der Waals surface area contributed by atoms with Gasteiger partial charge in [0.1, 0.15) is 6.10 Å². The molecule has 1 rings (SSSR count). The summed E-state index contributed by atoms with van der Waals surface area (Å²) < 4.78 is 5.08. The van der Waals surface area contributed by atoms with E-state index in [1.807, 2.05) is 0 Å². The van der Waals surface area contributed by atoms with Gasteiger partial charge < -0.3 is 9.84 Å². The maximum Gasteiger partial charge on any atom is 0.128 e. The Morgan fingerprint density at radius 1 is 1.88 bits per heavy atom. The molecular formula is C6H11O2. The molecule has 47 valence electrons. The van der Waals surface area contributed by atoms with Crippen LogP contribution in [0.5, 0.6) is 0 Å². The zero-order valence-electron chi connectivity index (χ0n) is 5.05. The van der Waals surface area contributed by atoms with Crippen LogP contribution < -0.4 is 0 Å². The molecule has 1 atom stereocenters. The minimum Gasteiger partial charge on any atom is -0.390 e. The molecule has 0 spiro atoms. The molecule has 0 saturated heterocycles. The van der Waals surface area contributed by atoms with Gasteiger partial charge in [-0.2, -0.15) is 0 Å². The maximum atomic E-state index is 8.69. The van der Waals surface area contributed by atoms with Gasteiger partial charge in [0.05, 0.1) is 6.10 Å². The smallest absolute Gasteiger partial charge is 0.128 e. The summed E-state index contributed by atoms with van der Waals surface area (Å²) in [4.78, 5) is 0. The summed E-state index contributed by atoms with van der Waals surface area (Å²) in [5, 5.41) is 8.69. The van der Waals surface area contributed by atoms with Gasteiger partial charge in [-0.3, -0.25) is 0 Å². The molecule has 8 heavy (non-hydrogen) atoms. The van der Waals surface area contributed by atoms with Crippen LogP contribution in [0.15, 0.2) is 0 Å². The van der Waals surface area contributed by atoms with E-state index in [0.717, 1.165) is 25.6 Å². The van der Waals surface area contributed by atoms with Crippen molar-refractivity contribution in [2.45, 2.75) is 25.9 Å². The molecule has 1 fully saturated rings. The van der Waals surface area contributed by atoms with E-state index >= 15 is 0 Å². The highest BCUT2D eigenvalue weighted by molar-refractivity contribution is 5.06. The number of hydrogen-bond acceptors (Lipinski definition) is 2. The van der Waals surface area contributed by atoms with Crippen molar-refractivity contribution in [1.82, 2.24) is 0 Å². The maximum absolute atomic E-state index is 8.69. The van der Waals surface area contributed by atoms with E-state index in [1.165, 1.54) is 0 Å². The van der Waals surface area contributed by atoms with E-state index in [-0.39, 0.29) is 6.10 Å². The van der Waals surface area contributed by atoms with Crippen molar-refractivity contribution in [3.8, 4) is 0 Å². The van der Waals surface area contributed by atoms with Crippen LogP contribution >= 0.6 is 0 Å². The first kappa shape index (κ1) is 6.05. The largest absolute Gasteiger partial charge is 0.390 e. The van der Waals surface area contributed by atoms with E-state index in [4.69, 9.17) is 9.84 Å². The second-order valence-electron chi connectivity index (χ2n) is 2.03. The normalized spacial score (nSPS) is 28.5. The summed E-state index contributed by atoms with van der Waals surface area (Å²) in [7, 11) is 0. The van der Waals surface area contributed by atoms with E-state index in [2.05, 4.69) is 6.92 Å². The Kier molecular flexibility index (Phi) is 1.86. The highest BCUT2D eigenvalue weighted by Crippen LogP contribution is 2.33. The van der Waals surface area contributed by atoms with Crippen LogP contribution in [0, 0.1) is 6.10 Å². The molecule has 1 aliphatic carbocycles. The highest BCUT2D eigenvalue weighted by atomic mass is 16.5. The summed E-state index contributed by atoms with van der Waals surface area (Å²) in [6.45, 7) is 2.81. The Hall–Kier alpha value is -0.0800. The monoisotopic (exact) mass is 115 g/mol. The topological polar surface area (TPSA) is 29.5 Å². The number of hydrogen-bond donors (Lipinski definition) is 1. The second kappa shape index (κ2) is 2.46. The Morgan fingerprint density at radius 3 is 2.88 bits per heavy atom. The van der Waals surface area contributed by atoms with Gasteiger partial charge in [0, 0.05) is 13.0 Å². The molecular weight excluding hydrogens is 104 g/mol. The van der Waals surface area contributed by atoms with Gasteiger partial charge >= 0.3 is 0 Å². The zero-order chi connectivity index (χ0) is 5.98. The summed E-state index contributed by atoms with van der Waals surface area (Å²) in [5.41, 5.74) is 0. The first-order valence-electron chi connectivity index (χ1n) is 3.01. The molecule has 0 amide bonds. The first-order valence-corrected chi connectivity index (χ1v) is 3.01. The van der Waals surface area contributed by atoms with Crippen LogP contribution in [0.25, 0.3) is 0 Å². The third-order valence-corrected chi connectivity index (χ3v) is 1.10. The van der Waals surface area contributed by atoms with Crippen LogP contribution in [0.4, 0.5) is 0 Å². The number of rotatable bonds is 3. The average Bonchev–Trinajstić information content (AvgIpc) is 2.42. The molecule has 1 saturated carbocycles. The lowest BCUT2D eigenvalue weighted by atomic mass is 10.5. The molecule has 1 unspecified atom stereocenters. The molecule has 2 nitrogen and oxygen atoms in total. The molecule has 0 bridgehead atoms. The number of aliphatic hydroxyl groups excluding tert-OH is 1. The van der Waals surface area contributed by atoms with Gasteiger partial charge in [-0.25, -0.2) is 0 Å². The predicted octanol–water partition coefficient (Wildman–Crippen LogP) is 0.710. The van der Waals surface area contributed by atoms with Crippen LogP contribution in [-0.2, 0) is 4.74 Å². The van der Waals surface area contributed by atoms with Crippen molar-refractivity contribution in [3.05, 3.63) is 6.10 Å². The van der Waals surface area contributed by atoms with E-state index < -0.39 is 0 Å². The Labute approximate surface area is 49.5 Å². The summed E-state index contributed by atoms with van der Waals surface area (Å²) in [5.74, 6) is 0. The molecule has 0 aliphatic heterocycles. The SMILES string of the molecule is CCCO[C]1CC1O. The third-order valence-electron chi connectivity index (χ3n) is 1.10. The van der Waals surface area contributed by atoms with Crippen molar-refractivity contribution in [2.75, 3.05) is 6.61 Å². The lowest BCUT2D eigenvalue weighted by Crippen LogP contribution is -1.92. The fraction of sp³-hybridized carbons (Fsp3) is 0.833. The van der Waals surface area contributed by atoms with Crippen LogP contribution in [-0.4, -0.2) is 17.8 Å². The van der Waals surface area contributed by atoms with Crippen LogP contribution in [0.1, 0.15) is 19.8 Å². The lowest BCUT2D eigenvalue weighted by molar-refractivity contribution is 0.148. The zero-order valence-corrected chi connectivity index (χ0v) is 5.05. The molecule has 2 heteroatoms. The molecule has 0 heterocycles. The summed E-state index contributed by atoms with van der Waals surface area (Å²) >= 11 is 0. The van der Waals surface area contributed by atoms with Gasteiger partial charge in [0.25, 0.3) is 0 Å². The Bertz CT molecular complexity index is 72.9. The molecule has 0 aromatic carbocycles. The van der Waals surface area contributed by atoms with Crippen molar-refractivity contribution in [2.24, 2.45) is 0 Å². The minimum atomic E-state index is -0.235. The summed E-state index contributed by atoms with van der Waals surface area (Å²) in [6, 6.07) is 0. The van der Waals surface area contributed by atoms with Crippen LogP contribution in [0.3, 0.4) is 0 Å². The lowest BCUT2D eigenvalue weighted by Gasteiger charge is -1.94. The quantitative estimate of drug-likeness (QED) is 0.587. The van der Waals surface area contributed by atoms with Crippen molar-refractivity contribution in [1.29, 1.82) is 0 Å². The molecule has 1 N–H and O–H groups in total. The minimum absolute atomic E-state index is 0.235. The standard InChI is InChI=1S/C6H11O2/c1-2-3-8-6-4-5(6)7/h5,7H,2-4H2,1H3.